The lowest BCUT2D eigenvalue weighted by molar-refractivity contribution is 0.178. The Bertz CT molecular complexity index is 343. The zero-order chi connectivity index (χ0) is 12.1. The highest BCUT2D eigenvalue weighted by atomic mass is 16.3. The molecule has 0 aliphatic rings. The molecule has 16 heavy (non-hydrogen) atoms. The van der Waals surface area contributed by atoms with E-state index in [9.17, 15) is 5.11 Å². The molecule has 0 aromatic heterocycles. The van der Waals surface area contributed by atoms with Crippen molar-refractivity contribution < 1.29 is 5.11 Å². The van der Waals surface area contributed by atoms with Crippen LogP contribution in [0.5, 0.6) is 0 Å². The maximum Gasteiger partial charge on any atom is 0.0827 e. The van der Waals surface area contributed by atoms with Crippen molar-refractivity contribution in [2.45, 2.75) is 46.1 Å². The fraction of sp³-hybridized carbons (Fsp3) is 0.467. The molecule has 0 aliphatic heterocycles. The Morgan fingerprint density at radius 1 is 1.19 bits per heavy atom. The van der Waals surface area contributed by atoms with E-state index in [1.165, 1.54) is 11.1 Å². The average Bonchev–Trinajstić information content (AvgIpc) is 2.27. The second kappa shape index (κ2) is 5.86. The van der Waals surface area contributed by atoms with Gasteiger partial charge >= 0.3 is 0 Å². The molecule has 0 radical (unpaired) electrons. The van der Waals surface area contributed by atoms with E-state index in [0.717, 1.165) is 24.0 Å². The van der Waals surface area contributed by atoms with Gasteiger partial charge in [0.25, 0.3) is 0 Å². The average molecular weight is 218 g/mol. The first-order valence-electron chi connectivity index (χ1n) is 6.02. The summed E-state index contributed by atoms with van der Waals surface area (Å²) in [5.41, 5.74) is 4.65. The summed E-state index contributed by atoms with van der Waals surface area (Å²) in [5, 5.41) is 10.1. The lowest BCUT2D eigenvalue weighted by Gasteiger charge is -2.14. The molecular weight excluding hydrogens is 196 g/mol. The minimum atomic E-state index is -0.408. The number of hydrogen-bond donors (Lipinski definition) is 1. The zero-order valence-electron chi connectivity index (χ0n) is 10.6. The van der Waals surface area contributed by atoms with Gasteiger partial charge in [-0.1, -0.05) is 37.6 Å². The maximum absolute atomic E-state index is 10.1. The first-order valence-corrected chi connectivity index (χ1v) is 6.02. The molecule has 0 saturated heterocycles. The van der Waals surface area contributed by atoms with Crippen molar-refractivity contribution in [2.24, 2.45) is 0 Å². The van der Waals surface area contributed by atoms with E-state index in [2.05, 4.69) is 38.6 Å². The summed E-state index contributed by atoms with van der Waals surface area (Å²) < 4.78 is 0. The Hall–Kier alpha value is -1.08. The Morgan fingerprint density at radius 3 is 2.06 bits per heavy atom. The van der Waals surface area contributed by atoms with Gasteiger partial charge in [-0.25, -0.2) is 0 Å². The van der Waals surface area contributed by atoms with Crippen LogP contribution < -0.4 is 0 Å². The zero-order valence-corrected chi connectivity index (χ0v) is 10.6. The monoisotopic (exact) mass is 218 g/mol. The summed E-state index contributed by atoms with van der Waals surface area (Å²) in [6.45, 7) is 10.1. The third-order valence-electron chi connectivity index (χ3n) is 2.82. The molecule has 1 nitrogen and oxygen atoms in total. The molecule has 1 unspecified atom stereocenters. The largest absolute Gasteiger partial charge is 0.388 e. The van der Waals surface area contributed by atoms with Crippen LogP contribution >= 0.6 is 0 Å². The van der Waals surface area contributed by atoms with Crippen LogP contribution in [0.4, 0.5) is 0 Å². The molecule has 1 rings (SSSR count). The van der Waals surface area contributed by atoms with Crippen LogP contribution in [-0.4, -0.2) is 5.11 Å². The Balaban J connectivity index is 2.97. The molecule has 0 bridgehead atoms. The minimum absolute atomic E-state index is 0.408. The third-order valence-corrected chi connectivity index (χ3v) is 2.82. The fourth-order valence-corrected chi connectivity index (χ4v) is 1.84. The van der Waals surface area contributed by atoms with E-state index in [1.807, 2.05) is 6.92 Å². The van der Waals surface area contributed by atoms with E-state index < -0.39 is 6.10 Å². The van der Waals surface area contributed by atoms with Crippen molar-refractivity contribution in [2.75, 3.05) is 0 Å². The summed E-state index contributed by atoms with van der Waals surface area (Å²) >= 11 is 0. The summed E-state index contributed by atoms with van der Waals surface area (Å²) in [7, 11) is 0. The molecule has 88 valence electrons. The maximum atomic E-state index is 10.1. The van der Waals surface area contributed by atoms with Gasteiger partial charge in [0.2, 0.25) is 0 Å². The van der Waals surface area contributed by atoms with Gasteiger partial charge in [-0.05, 0) is 42.9 Å². The smallest absolute Gasteiger partial charge is 0.0827 e. The second-order valence-electron chi connectivity index (χ2n) is 4.47. The second-order valence-corrected chi connectivity index (χ2v) is 4.47. The van der Waals surface area contributed by atoms with Crippen molar-refractivity contribution in [3.05, 3.63) is 47.0 Å². The van der Waals surface area contributed by atoms with E-state index in [1.54, 1.807) is 0 Å². The molecule has 1 aromatic rings. The topological polar surface area (TPSA) is 20.2 Å². The van der Waals surface area contributed by atoms with Crippen molar-refractivity contribution in [1.82, 2.24) is 0 Å². The summed E-state index contributed by atoms with van der Waals surface area (Å²) in [6.07, 6.45) is 2.27. The summed E-state index contributed by atoms with van der Waals surface area (Å²) in [4.78, 5) is 0. The molecular formula is C15H22O. The first-order chi connectivity index (χ1) is 7.56. The van der Waals surface area contributed by atoms with Gasteiger partial charge < -0.3 is 5.11 Å². The number of rotatable bonds is 5. The van der Waals surface area contributed by atoms with E-state index in [0.29, 0.717) is 6.42 Å². The van der Waals surface area contributed by atoms with Gasteiger partial charge in [-0.15, -0.1) is 6.58 Å². The van der Waals surface area contributed by atoms with Crippen LogP contribution in [0.15, 0.2) is 30.4 Å². The highest BCUT2D eigenvalue weighted by Crippen LogP contribution is 2.23. The third kappa shape index (κ3) is 3.49. The predicted molar refractivity (Wildman–Crippen MR) is 69.6 cm³/mol. The fourth-order valence-electron chi connectivity index (χ4n) is 1.84. The number of aliphatic hydroxyl groups excluding tert-OH is 1. The number of aryl methyl sites for hydroxylation is 2. The van der Waals surface area contributed by atoms with Crippen LogP contribution in [0, 0.1) is 0 Å². The number of aliphatic hydroxyl groups is 1. The molecule has 1 heteroatoms. The van der Waals surface area contributed by atoms with E-state index in [4.69, 9.17) is 0 Å². The molecule has 0 saturated carbocycles. The van der Waals surface area contributed by atoms with E-state index >= 15 is 0 Å². The van der Waals surface area contributed by atoms with Gasteiger partial charge in [-0.3, -0.25) is 0 Å². The van der Waals surface area contributed by atoms with Gasteiger partial charge in [-0.2, -0.15) is 0 Å². The molecule has 0 heterocycles. The Morgan fingerprint density at radius 2 is 1.69 bits per heavy atom. The van der Waals surface area contributed by atoms with Crippen LogP contribution in [0.3, 0.4) is 0 Å². The molecule has 0 fully saturated rings. The summed E-state index contributed by atoms with van der Waals surface area (Å²) in [5.74, 6) is 0. The molecule has 0 spiro atoms. The van der Waals surface area contributed by atoms with Gasteiger partial charge in [0.1, 0.15) is 0 Å². The van der Waals surface area contributed by atoms with Crippen LogP contribution in [0.25, 0.3) is 0 Å². The minimum Gasteiger partial charge on any atom is -0.388 e. The van der Waals surface area contributed by atoms with Crippen LogP contribution in [0.2, 0.25) is 0 Å². The first kappa shape index (κ1) is 13.0. The number of benzene rings is 1. The standard InChI is InChI=1S/C15H22O/c1-5-12-8-13(6-2)10-14(9-12)15(16)7-11(3)4/h8-10,15-16H,3,5-7H2,1-2,4H3. The quantitative estimate of drug-likeness (QED) is 0.745. The molecule has 0 aliphatic carbocycles. The Kier molecular flexibility index (Phi) is 4.75. The Labute approximate surface area is 98.8 Å². The predicted octanol–water partition coefficient (Wildman–Crippen LogP) is 3.81. The molecule has 0 amide bonds. The van der Waals surface area contributed by atoms with Crippen LogP contribution in [0.1, 0.15) is 50.0 Å². The summed E-state index contributed by atoms with van der Waals surface area (Å²) in [6, 6.07) is 6.43. The van der Waals surface area contributed by atoms with E-state index in [-0.39, 0.29) is 0 Å². The highest BCUT2D eigenvalue weighted by molar-refractivity contribution is 5.32. The highest BCUT2D eigenvalue weighted by Gasteiger charge is 2.09. The van der Waals surface area contributed by atoms with Crippen molar-refractivity contribution in [3.8, 4) is 0 Å². The lowest BCUT2D eigenvalue weighted by atomic mass is 9.96. The normalized spacial score (nSPS) is 12.5. The number of hydrogen-bond acceptors (Lipinski definition) is 1. The molecule has 1 N–H and O–H groups in total. The van der Waals surface area contributed by atoms with Crippen molar-refractivity contribution in [3.63, 3.8) is 0 Å². The lowest BCUT2D eigenvalue weighted by Crippen LogP contribution is -2.00. The van der Waals surface area contributed by atoms with Gasteiger partial charge in [0.05, 0.1) is 6.10 Å². The van der Waals surface area contributed by atoms with Crippen molar-refractivity contribution >= 4 is 0 Å². The van der Waals surface area contributed by atoms with Gasteiger partial charge in [0.15, 0.2) is 0 Å². The van der Waals surface area contributed by atoms with Crippen LogP contribution in [-0.2, 0) is 12.8 Å². The van der Waals surface area contributed by atoms with Gasteiger partial charge in [0, 0.05) is 0 Å². The SMILES string of the molecule is C=C(C)CC(O)c1cc(CC)cc(CC)c1. The van der Waals surface area contributed by atoms with Crippen molar-refractivity contribution in [1.29, 1.82) is 0 Å². The molecule has 1 aromatic carbocycles. The molecule has 1 atom stereocenters.